The molecule has 15 heteroatoms. The molecule has 0 bridgehead atoms. The van der Waals surface area contributed by atoms with E-state index in [-0.39, 0.29) is 0 Å². The Balaban J connectivity index is 0.0000000949. The van der Waals surface area contributed by atoms with Gasteiger partial charge in [0.2, 0.25) is 17.8 Å². The maximum absolute atomic E-state index is 5.28. The second-order valence-corrected chi connectivity index (χ2v) is 33.5. The number of hydrogen-bond donors (Lipinski definition) is 0. The molecule has 0 spiro atoms. The molecule has 0 fully saturated rings. The van der Waals surface area contributed by atoms with E-state index in [1.165, 1.54) is 179 Å². The second kappa shape index (κ2) is 25.4. The zero-order valence-corrected chi connectivity index (χ0v) is 67.8. The van der Waals surface area contributed by atoms with E-state index < -0.39 is 0 Å². The Bertz CT molecular complexity index is 10200. The first kappa shape index (κ1) is 68.2. The highest BCUT2D eigenvalue weighted by molar-refractivity contribution is 6.41. The Morgan fingerprint density at radius 2 is 0.551 bits per heavy atom. The first-order valence-corrected chi connectivity index (χ1v) is 42.9. The molecule has 0 saturated carbocycles. The highest BCUT2D eigenvalue weighted by Gasteiger charge is 2.31. The highest BCUT2D eigenvalue weighted by atomic mass is 15.2. The molecule has 0 aliphatic rings. The SMILES string of the molecule is Cc1nc(-n2c3ccccc3c3c4c5ccc6ccccc6c5n5c6ccccc6c(cc32)c45)nc2cccnc12.c1ccc(-c2nc(-n3c4ccccc4c4c5c6ccc7ccccc7c6n6c7ccccc7c(cc43)c56)nc3cccnc23)cc1.c1ccc2c(c1)ccc1c3c4c5ccccc5n(-c5ncc6ncccc6n5)c4cc4c5ccccc5n(c21)c43. The molecule has 15 aromatic heterocycles. The topological polar surface area (TPSA) is 144 Å². The number of fused-ring (bicyclic) bond motifs is 39. The lowest BCUT2D eigenvalue weighted by atomic mass is 10.0. The quantitative estimate of drug-likeness (QED) is 0.168. The molecular weight excluding hydrogens is 1560 g/mol. The van der Waals surface area contributed by atoms with E-state index in [9.17, 15) is 0 Å². The summed E-state index contributed by atoms with van der Waals surface area (Å²) in [6.45, 7) is 2.02. The minimum atomic E-state index is 0.637. The summed E-state index contributed by atoms with van der Waals surface area (Å²) in [7, 11) is 0. The van der Waals surface area contributed by atoms with Gasteiger partial charge in [0.1, 0.15) is 22.2 Å². The van der Waals surface area contributed by atoms with E-state index in [0.29, 0.717) is 17.8 Å². The number of nitrogens with zero attached hydrogens (tertiary/aromatic N) is 15. The average Bonchev–Trinajstić information content (AvgIpc) is 1.52. The van der Waals surface area contributed by atoms with Crippen LogP contribution in [0.2, 0.25) is 0 Å². The lowest BCUT2D eigenvalue weighted by Gasteiger charge is -2.11. The van der Waals surface area contributed by atoms with Crippen LogP contribution in [0.5, 0.6) is 0 Å². The van der Waals surface area contributed by atoms with Gasteiger partial charge >= 0.3 is 0 Å². The van der Waals surface area contributed by atoms with Crippen LogP contribution in [-0.4, -0.2) is 71.8 Å². The van der Waals surface area contributed by atoms with Crippen LogP contribution >= 0.6 is 0 Å². The third kappa shape index (κ3) is 9.18. The summed E-state index contributed by atoms with van der Waals surface area (Å²) in [6, 6.07) is 121. The molecule has 31 rings (SSSR count). The van der Waals surface area contributed by atoms with Crippen molar-refractivity contribution in [2.24, 2.45) is 0 Å². The van der Waals surface area contributed by atoms with Crippen molar-refractivity contribution in [2.75, 3.05) is 0 Å². The van der Waals surface area contributed by atoms with Crippen molar-refractivity contribution in [1.29, 1.82) is 0 Å². The Labute approximate surface area is 718 Å². The Kier molecular flexibility index (Phi) is 13.6. The van der Waals surface area contributed by atoms with E-state index in [1.807, 2.05) is 73.9 Å². The zero-order valence-electron chi connectivity index (χ0n) is 67.8. The van der Waals surface area contributed by atoms with Crippen LogP contribution in [0, 0.1) is 6.92 Å². The van der Waals surface area contributed by atoms with Crippen LogP contribution in [0.1, 0.15) is 5.69 Å². The minimum Gasteiger partial charge on any atom is -0.307 e. The van der Waals surface area contributed by atoms with Gasteiger partial charge in [-0.15, -0.1) is 0 Å². The fourth-order valence-electron chi connectivity index (χ4n) is 22.0. The number of aromatic nitrogens is 15. The van der Waals surface area contributed by atoms with Gasteiger partial charge in [0, 0.05) is 137 Å². The summed E-state index contributed by atoms with van der Waals surface area (Å²) in [5, 5.41) is 29.9. The molecule has 0 N–H and O–H groups in total. The third-order valence-electron chi connectivity index (χ3n) is 27.0. The molecule has 0 atom stereocenters. The predicted molar refractivity (Wildman–Crippen MR) is 522 cm³/mol. The standard InChI is InChI=1S/C41H23N5.C36H21N5.C35H19N5/c1-2-12-25(13-3-1)37-38-31(17-10-22-42-38)43-41(44-37)45-33-19-9-7-16-28(33)35-34(45)23-30-27-15-6-8-18-32(27)46-39-26-14-5-4-11-24(26)20-21-29(39)36(35)40(30)46;1-20-33-27(13-8-18-37-33)39-36(38-20)40-29-15-7-5-12-24(29)31-30(40)19-26-23-11-4-6-14-28(23)41-34-22-10-3-2-9-21(22)16-17-25(34)32(31)35(26)41;1-2-9-21-20(8-1)15-16-24-32-31-23-11-4-6-14-29(23)39(35-37-19-27-26(38-35)12-7-17-36-27)30(31)18-25-22-10-3-5-13-28(22)40(33(21)24)34(25)32/h1-23H;2-19H,1H3;1-19H. The Morgan fingerprint density at radius 3 is 1.00 bits per heavy atom. The Hall–Kier alpha value is -17.4. The molecule has 586 valence electrons. The average molecular weight is 1620 g/mol. The molecule has 0 aliphatic carbocycles. The van der Waals surface area contributed by atoms with Crippen molar-refractivity contribution >= 4 is 245 Å². The summed E-state index contributed by atoms with van der Waals surface area (Å²) >= 11 is 0. The molecule has 0 radical (unpaired) electrons. The molecule has 0 aliphatic heterocycles. The van der Waals surface area contributed by atoms with Crippen LogP contribution < -0.4 is 0 Å². The Morgan fingerprint density at radius 1 is 0.205 bits per heavy atom. The lowest BCUT2D eigenvalue weighted by molar-refractivity contribution is 0.984. The first-order valence-electron chi connectivity index (χ1n) is 42.9. The largest absolute Gasteiger partial charge is 0.307 e. The molecule has 0 saturated heterocycles. The molecule has 16 aromatic carbocycles. The summed E-state index contributed by atoms with van der Waals surface area (Å²) in [5.74, 6) is 1.96. The van der Waals surface area contributed by atoms with E-state index in [2.05, 4.69) is 322 Å². The molecule has 31 aromatic rings. The summed E-state index contributed by atoms with van der Waals surface area (Å²) in [6.07, 6.45) is 7.21. The molecule has 127 heavy (non-hydrogen) atoms. The van der Waals surface area contributed by atoms with Crippen LogP contribution in [0.4, 0.5) is 0 Å². The van der Waals surface area contributed by atoms with Crippen LogP contribution in [0.25, 0.3) is 274 Å². The van der Waals surface area contributed by atoms with E-state index >= 15 is 0 Å². The van der Waals surface area contributed by atoms with E-state index in [0.717, 1.165) is 83.2 Å². The number of benzene rings is 16. The van der Waals surface area contributed by atoms with Crippen molar-refractivity contribution in [1.82, 2.24) is 71.8 Å². The summed E-state index contributed by atoms with van der Waals surface area (Å²) in [4.78, 5) is 44.0. The highest BCUT2D eigenvalue weighted by Crippen LogP contribution is 2.53. The van der Waals surface area contributed by atoms with Crippen molar-refractivity contribution in [3.05, 3.63) is 370 Å². The number of pyridine rings is 3. The fourth-order valence-corrected chi connectivity index (χ4v) is 22.0. The van der Waals surface area contributed by atoms with Gasteiger partial charge < -0.3 is 13.2 Å². The number of aryl methyl sites for hydroxylation is 1. The van der Waals surface area contributed by atoms with Crippen LogP contribution in [-0.2, 0) is 0 Å². The fraction of sp³-hybridized carbons (Fsp3) is 0.00893. The van der Waals surface area contributed by atoms with Crippen molar-refractivity contribution < 1.29 is 0 Å². The maximum atomic E-state index is 5.28. The van der Waals surface area contributed by atoms with Gasteiger partial charge in [-0.1, -0.05) is 249 Å². The number of hydrogen-bond acceptors (Lipinski definition) is 9. The van der Waals surface area contributed by atoms with Gasteiger partial charge in [-0.3, -0.25) is 28.7 Å². The van der Waals surface area contributed by atoms with Crippen LogP contribution in [0.15, 0.2) is 365 Å². The van der Waals surface area contributed by atoms with Gasteiger partial charge in [0.05, 0.1) is 111 Å². The second-order valence-electron chi connectivity index (χ2n) is 33.5. The first-order chi connectivity index (χ1) is 63.0. The van der Waals surface area contributed by atoms with Crippen LogP contribution in [0.3, 0.4) is 0 Å². The predicted octanol–water partition coefficient (Wildman–Crippen LogP) is 27.3. The smallest absolute Gasteiger partial charge is 0.235 e. The zero-order chi connectivity index (χ0) is 82.7. The monoisotopic (exact) mass is 1620 g/mol. The van der Waals surface area contributed by atoms with Gasteiger partial charge in [0.25, 0.3) is 0 Å². The van der Waals surface area contributed by atoms with Crippen molar-refractivity contribution in [3.8, 4) is 29.1 Å². The minimum absolute atomic E-state index is 0.637. The normalized spacial score (nSPS) is 12.4. The summed E-state index contributed by atoms with van der Waals surface area (Å²) < 4.78 is 14.2. The van der Waals surface area contributed by atoms with Crippen molar-refractivity contribution in [2.45, 2.75) is 6.92 Å². The molecule has 15 heterocycles. The van der Waals surface area contributed by atoms with E-state index in [4.69, 9.17) is 34.9 Å². The summed E-state index contributed by atoms with van der Waals surface area (Å²) in [5.41, 5.74) is 25.5. The van der Waals surface area contributed by atoms with Crippen molar-refractivity contribution in [3.63, 3.8) is 0 Å². The van der Waals surface area contributed by atoms with Gasteiger partial charge in [-0.05, 0) is 114 Å². The van der Waals surface area contributed by atoms with Gasteiger partial charge in [0.15, 0.2) is 0 Å². The van der Waals surface area contributed by atoms with Gasteiger partial charge in [-0.2, -0.15) is 0 Å². The number of para-hydroxylation sites is 6. The molecule has 0 unspecified atom stereocenters. The molecule has 0 amide bonds. The molecular formula is C112H63N15. The lowest BCUT2D eigenvalue weighted by Crippen LogP contribution is -2.04. The van der Waals surface area contributed by atoms with Gasteiger partial charge in [-0.25, -0.2) is 29.9 Å². The number of rotatable bonds is 4. The third-order valence-corrected chi connectivity index (χ3v) is 27.0. The van der Waals surface area contributed by atoms with E-state index in [1.54, 1.807) is 12.4 Å². The molecule has 15 nitrogen and oxygen atoms in total. The maximum Gasteiger partial charge on any atom is 0.235 e.